The lowest BCUT2D eigenvalue weighted by Gasteiger charge is -2.38. The Bertz CT molecular complexity index is 966. The molecule has 2 fully saturated rings. The molecule has 2 aromatic rings. The summed E-state index contributed by atoms with van der Waals surface area (Å²) in [6, 6.07) is 15.1. The molecular formula is C20H22N2O6S. The molecule has 4 rings (SSSR count). The summed E-state index contributed by atoms with van der Waals surface area (Å²) in [6.07, 6.45) is 1.44. The van der Waals surface area contributed by atoms with Gasteiger partial charge in [-0.3, -0.25) is 10.0 Å². The van der Waals surface area contributed by atoms with Gasteiger partial charge in [-0.1, -0.05) is 18.2 Å². The number of rotatable bonds is 6. The average Bonchev–Trinajstić information content (AvgIpc) is 3.07. The number of ether oxygens (including phenoxy) is 2. The minimum atomic E-state index is -4.02. The fourth-order valence-corrected chi connectivity index (χ4v) is 5.38. The first-order valence-corrected chi connectivity index (χ1v) is 10.9. The summed E-state index contributed by atoms with van der Waals surface area (Å²) in [5.41, 5.74) is 0.166. The maximum absolute atomic E-state index is 13.0. The molecule has 2 saturated heterocycles. The Balaban J connectivity index is 1.55. The van der Waals surface area contributed by atoms with Crippen LogP contribution in [0.15, 0.2) is 59.5 Å². The summed E-state index contributed by atoms with van der Waals surface area (Å²) in [7, 11) is -4.02. The van der Waals surface area contributed by atoms with Crippen molar-refractivity contribution >= 4 is 15.9 Å². The Morgan fingerprint density at radius 1 is 1.00 bits per heavy atom. The second kappa shape index (κ2) is 7.75. The first-order chi connectivity index (χ1) is 13.9. The van der Waals surface area contributed by atoms with Gasteiger partial charge in [0.2, 0.25) is 10.0 Å². The van der Waals surface area contributed by atoms with Gasteiger partial charge in [0.05, 0.1) is 17.1 Å². The number of carbonyl (C=O) groups is 1. The first-order valence-electron chi connectivity index (χ1n) is 9.37. The smallest absolute Gasteiger partial charge is 0.264 e. The van der Waals surface area contributed by atoms with Gasteiger partial charge < -0.3 is 9.47 Å². The van der Waals surface area contributed by atoms with E-state index in [0.717, 1.165) is 12.8 Å². The highest BCUT2D eigenvalue weighted by Crippen LogP contribution is 2.39. The maximum Gasteiger partial charge on any atom is 0.264 e. The molecule has 9 heteroatoms. The van der Waals surface area contributed by atoms with E-state index < -0.39 is 21.5 Å². The van der Waals surface area contributed by atoms with Gasteiger partial charge in [-0.15, -0.1) is 0 Å². The van der Waals surface area contributed by atoms with Crippen molar-refractivity contribution in [2.45, 2.75) is 48.3 Å². The van der Waals surface area contributed by atoms with Gasteiger partial charge in [0.25, 0.3) is 5.91 Å². The van der Waals surface area contributed by atoms with E-state index in [4.69, 9.17) is 9.47 Å². The van der Waals surface area contributed by atoms with Crippen molar-refractivity contribution in [2.24, 2.45) is 0 Å². The topological polar surface area (TPSA) is 114 Å². The molecule has 2 aliphatic rings. The molecule has 0 spiro atoms. The third kappa shape index (κ3) is 4.13. The zero-order valence-electron chi connectivity index (χ0n) is 15.6. The van der Waals surface area contributed by atoms with Crippen molar-refractivity contribution < 1.29 is 27.9 Å². The first kappa shape index (κ1) is 19.8. The molecule has 0 aliphatic carbocycles. The molecule has 2 aliphatic heterocycles. The number of hydrogen-bond acceptors (Lipinski definition) is 6. The molecule has 2 heterocycles. The van der Waals surface area contributed by atoms with Crippen molar-refractivity contribution in [3.05, 3.63) is 54.6 Å². The van der Waals surface area contributed by atoms with E-state index in [9.17, 15) is 18.4 Å². The fraction of sp³-hybridized carbons (Fsp3) is 0.350. The number of hydroxylamine groups is 1. The predicted octanol–water partition coefficient (Wildman–Crippen LogP) is 2.34. The zero-order chi connectivity index (χ0) is 20.5. The van der Waals surface area contributed by atoms with Crippen LogP contribution >= 0.6 is 0 Å². The Labute approximate surface area is 168 Å². The summed E-state index contributed by atoms with van der Waals surface area (Å²) >= 11 is 0. The van der Waals surface area contributed by atoms with Crippen LogP contribution in [0.3, 0.4) is 0 Å². The molecule has 2 aromatic carbocycles. The normalized spacial score (nSPS) is 26.1. The number of benzene rings is 2. The zero-order valence-corrected chi connectivity index (χ0v) is 16.4. The van der Waals surface area contributed by atoms with Crippen LogP contribution in [0.1, 0.15) is 25.7 Å². The highest BCUT2D eigenvalue weighted by Gasteiger charge is 2.51. The van der Waals surface area contributed by atoms with Crippen molar-refractivity contribution in [3.8, 4) is 11.5 Å². The second-order valence-electron chi connectivity index (χ2n) is 7.38. The average molecular weight is 418 g/mol. The molecular weight excluding hydrogens is 396 g/mol. The van der Waals surface area contributed by atoms with Gasteiger partial charge in [0.1, 0.15) is 17.0 Å². The number of amides is 1. The van der Waals surface area contributed by atoms with Crippen LogP contribution in [0.2, 0.25) is 0 Å². The Hall–Kier alpha value is -2.46. The highest BCUT2D eigenvalue weighted by atomic mass is 32.2. The van der Waals surface area contributed by atoms with Crippen LogP contribution in [0.4, 0.5) is 0 Å². The van der Waals surface area contributed by atoms with E-state index in [0.29, 0.717) is 11.5 Å². The quantitative estimate of drug-likeness (QED) is 0.490. The van der Waals surface area contributed by atoms with E-state index >= 15 is 0 Å². The standard InChI is InChI=1S/C20H22N2O6S/c23-19(21-24)20(12-16-6-7-17(13-20)28-16)22-29(25,26)18-10-8-15(9-11-18)27-14-4-2-1-3-5-14/h1-5,8-11,16-17,22,24H,6-7,12-13H2,(H,21,23). The summed E-state index contributed by atoms with van der Waals surface area (Å²) < 4.78 is 39.9. The lowest BCUT2D eigenvalue weighted by Crippen LogP contribution is -2.62. The van der Waals surface area contributed by atoms with Gasteiger partial charge >= 0.3 is 0 Å². The molecule has 154 valence electrons. The monoisotopic (exact) mass is 418 g/mol. The molecule has 2 atom stereocenters. The number of hydrogen-bond donors (Lipinski definition) is 3. The number of fused-ring (bicyclic) bond motifs is 2. The molecule has 0 aromatic heterocycles. The highest BCUT2D eigenvalue weighted by molar-refractivity contribution is 7.89. The number of carbonyl (C=O) groups excluding carboxylic acids is 1. The Kier molecular flexibility index (Phi) is 5.30. The Morgan fingerprint density at radius 2 is 1.59 bits per heavy atom. The van der Waals surface area contributed by atoms with Gasteiger partial charge in [-0.2, -0.15) is 4.72 Å². The minimum absolute atomic E-state index is 0.00173. The largest absolute Gasteiger partial charge is 0.457 e. The van der Waals surface area contributed by atoms with Crippen LogP contribution < -0.4 is 14.9 Å². The summed E-state index contributed by atoms with van der Waals surface area (Å²) in [5, 5.41) is 9.20. The third-order valence-electron chi connectivity index (χ3n) is 5.33. The van der Waals surface area contributed by atoms with Crippen molar-refractivity contribution in [3.63, 3.8) is 0 Å². The SMILES string of the molecule is O=C(NO)C1(NS(=O)(=O)c2ccc(Oc3ccccc3)cc2)CC2CCC(C1)O2. The number of sulfonamides is 1. The summed E-state index contributed by atoms with van der Waals surface area (Å²) in [6.45, 7) is 0. The summed E-state index contributed by atoms with van der Waals surface area (Å²) in [5.74, 6) is 0.352. The van der Waals surface area contributed by atoms with E-state index in [1.54, 1.807) is 29.7 Å². The van der Waals surface area contributed by atoms with Gasteiger partial charge in [-0.25, -0.2) is 13.9 Å². The van der Waals surface area contributed by atoms with Crippen LogP contribution in [0.25, 0.3) is 0 Å². The molecule has 8 nitrogen and oxygen atoms in total. The molecule has 2 unspecified atom stereocenters. The van der Waals surface area contributed by atoms with Crippen molar-refractivity contribution in [1.82, 2.24) is 10.2 Å². The summed E-state index contributed by atoms with van der Waals surface area (Å²) in [4.78, 5) is 12.4. The van der Waals surface area contributed by atoms with E-state index in [1.807, 2.05) is 18.2 Å². The van der Waals surface area contributed by atoms with Crippen molar-refractivity contribution in [1.29, 1.82) is 0 Å². The van der Waals surface area contributed by atoms with E-state index in [1.165, 1.54) is 12.1 Å². The second-order valence-corrected chi connectivity index (χ2v) is 9.06. The van der Waals surface area contributed by atoms with E-state index in [2.05, 4.69) is 4.72 Å². The third-order valence-corrected chi connectivity index (χ3v) is 6.88. The molecule has 3 N–H and O–H groups in total. The molecule has 0 radical (unpaired) electrons. The van der Waals surface area contributed by atoms with Crippen LogP contribution in [0.5, 0.6) is 11.5 Å². The Morgan fingerprint density at radius 3 is 2.17 bits per heavy atom. The molecule has 29 heavy (non-hydrogen) atoms. The lowest BCUT2D eigenvalue weighted by molar-refractivity contribution is -0.142. The minimum Gasteiger partial charge on any atom is -0.457 e. The van der Waals surface area contributed by atoms with Crippen molar-refractivity contribution in [2.75, 3.05) is 0 Å². The van der Waals surface area contributed by atoms with Gasteiger partial charge in [-0.05, 0) is 49.2 Å². The van der Waals surface area contributed by atoms with Gasteiger partial charge in [0, 0.05) is 12.8 Å². The van der Waals surface area contributed by atoms with Crippen LogP contribution in [-0.4, -0.2) is 37.3 Å². The van der Waals surface area contributed by atoms with E-state index in [-0.39, 0.29) is 29.9 Å². The predicted molar refractivity (Wildman–Crippen MR) is 103 cm³/mol. The van der Waals surface area contributed by atoms with Crippen LogP contribution in [-0.2, 0) is 19.6 Å². The fourth-order valence-electron chi connectivity index (χ4n) is 3.99. The molecule has 1 amide bonds. The molecule has 2 bridgehead atoms. The van der Waals surface area contributed by atoms with Crippen LogP contribution in [0, 0.1) is 0 Å². The molecule has 0 saturated carbocycles. The lowest BCUT2D eigenvalue weighted by atomic mass is 9.87. The number of nitrogens with one attached hydrogen (secondary N) is 2. The number of para-hydroxylation sites is 1. The van der Waals surface area contributed by atoms with Gasteiger partial charge in [0.15, 0.2) is 0 Å². The maximum atomic E-state index is 13.0.